The zero-order valence-electron chi connectivity index (χ0n) is 17.0. The van der Waals surface area contributed by atoms with Crippen molar-refractivity contribution in [2.75, 3.05) is 0 Å². The Balaban J connectivity index is 0.000000568. The third-order valence-corrected chi connectivity index (χ3v) is 4.99. The molecule has 28 heavy (non-hydrogen) atoms. The predicted octanol–water partition coefficient (Wildman–Crippen LogP) is 3.52. The highest BCUT2D eigenvalue weighted by Crippen LogP contribution is 2.41. The predicted molar refractivity (Wildman–Crippen MR) is 108 cm³/mol. The van der Waals surface area contributed by atoms with Gasteiger partial charge in [0.15, 0.2) is 0 Å². The van der Waals surface area contributed by atoms with Crippen LogP contribution in [0, 0.1) is 17.3 Å². The second-order valence-corrected chi connectivity index (χ2v) is 8.01. The van der Waals surface area contributed by atoms with Gasteiger partial charge in [-0.3, -0.25) is 4.79 Å². The van der Waals surface area contributed by atoms with Crippen LogP contribution in [0.4, 0.5) is 0 Å². The van der Waals surface area contributed by atoms with Crippen molar-refractivity contribution in [1.29, 1.82) is 0 Å². The lowest BCUT2D eigenvalue weighted by Crippen LogP contribution is -2.40. The molecule has 1 aromatic carbocycles. The van der Waals surface area contributed by atoms with Crippen molar-refractivity contribution in [2.45, 2.75) is 53.1 Å². The number of allylic oxidation sites excluding steroid dienone is 2. The maximum atomic E-state index is 12.8. The van der Waals surface area contributed by atoms with Crippen LogP contribution in [-0.2, 0) is 20.9 Å². The van der Waals surface area contributed by atoms with Crippen LogP contribution in [0.15, 0.2) is 42.5 Å². The van der Waals surface area contributed by atoms with Crippen LogP contribution in [0.3, 0.4) is 0 Å². The van der Waals surface area contributed by atoms with Gasteiger partial charge >= 0.3 is 11.9 Å². The molecule has 2 rings (SSSR count). The molecular weight excluding hydrogens is 358 g/mol. The molecule has 0 amide bonds. The molecule has 0 radical (unpaired) electrons. The summed E-state index contributed by atoms with van der Waals surface area (Å²) >= 11 is 0. The minimum atomic E-state index is -1.82. The van der Waals surface area contributed by atoms with Crippen molar-refractivity contribution in [3.63, 3.8) is 0 Å². The van der Waals surface area contributed by atoms with Gasteiger partial charge in [-0.1, -0.05) is 63.3 Å². The van der Waals surface area contributed by atoms with Crippen molar-refractivity contribution in [1.82, 2.24) is 5.32 Å². The lowest BCUT2D eigenvalue weighted by atomic mass is 9.65. The Bertz CT molecular complexity index is 684. The molecule has 0 heterocycles. The fourth-order valence-electron chi connectivity index (χ4n) is 3.65. The summed E-state index contributed by atoms with van der Waals surface area (Å²) in [6, 6.07) is 10.5. The van der Waals surface area contributed by atoms with E-state index in [1.165, 1.54) is 5.56 Å². The lowest BCUT2D eigenvalue weighted by Gasteiger charge is -2.39. The molecule has 0 aromatic heterocycles. The van der Waals surface area contributed by atoms with Gasteiger partial charge in [0.25, 0.3) is 0 Å². The topological polar surface area (TPSA) is 104 Å². The zero-order chi connectivity index (χ0) is 21.3. The number of aliphatic carboxylic acids is 2. The molecule has 1 aromatic rings. The normalized spacial score (nSPS) is 21.1. The number of ketones is 1. The molecular formula is C22H31NO5. The molecule has 154 valence electrons. The first-order valence-electron chi connectivity index (χ1n) is 9.47. The molecule has 1 aliphatic carbocycles. The molecule has 0 saturated heterocycles. The van der Waals surface area contributed by atoms with E-state index in [0.29, 0.717) is 18.1 Å². The number of hydrogen-bond donors (Lipinski definition) is 3. The summed E-state index contributed by atoms with van der Waals surface area (Å²) in [6.07, 6.45) is 6.04. The summed E-state index contributed by atoms with van der Waals surface area (Å²) in [7, 11) is 0. The first-order chi connectivity index (χ1) is 13.0. The molecule has 0 saturated carbocycles. The van der Waals surface area contributed by atoms with Crippen LogP contribution in [0.1, 0.15) is 46.1 Å². The standard InChI is InChI=1S/C20H29NO.C2H2O4/c1-15-9-8-12-20(3,4)19(15)18(22)13-16(2)21-14-17-10-6-5-7-11-17;3-1(4)2(5)6/h5-11,15-16,19,21H,12-14H2,1-4H3;(H,3,4)(H,5,6). The quantitative estimate of drug-likeness (QED) is 0.508. The molecule has 0 bridgehead atoms. The average Bonchev–Trinajstić information content (AvgIpc) is 2.60. The Labute approximate surface area is 166 Å². The van der Waals surface area contributed by atoms with Crippen LogP contribution in [0.25, 0.3) is 0 Å². The van der Waals surface area contributed by atoms with Gasteiger partial charge in [-0.05, 0) is 30.2 Å². The second kappa shape index (κ2) is 10.8. The van der Waals surface area contributed by atoms with Gasteiger partial charge < -0.3 is 15.5 Å². The van der Waals surface area contributed by atoms with Crippen molar-refractivity contribution < 1.29 is 24.6 Å². The van der Waals surface area contributed by atoms with Crippen molar-refractivity contribution >= 4 is 17.7 Å². The van der Waals surface area contributed by atoms with E-state index < -0.39 is 11.9 Å². The van der Waals surface area contributed by atoms with Gasteiger partial charge in [-0.15, -0.1) is 0 Å². The number of benzene rings is 1. The fourth-order valence-corrected chi connectivity index (χ4v) is 3.65. The molecule has 6 heteroatoms. The smallest absolute Gasteiger partial charge is 0.414 e. The maximum absolute atomic E-state index is 12.8. The third-order valence-electron chi connectivity index (χ3n) is 4.99. The summed E-state index contributed by atoms with van der Waals surface area (Å²) in [5, 5.41) is 18.3. The summed E-state index contributed by atoms with van der Waals surface area (Å²) < 4.78 is 0. The highest BCUT2D eigenvalue weighted by molar-refractivity contribution is 6.27. The minimum absolute atomic E-state index is 0.0738. The van der Waals surface area contributed by atoms with Gasteiger partial charge in [0.1, 0.15) is 5.78 Å². The number of hydrogen-bond acceptors (Lipinski definition) is 4. The van der Waals surface area contributed by atoms with Crippen LogP contribution in [0.5, 0.6) is 0 Å². The van der Waals surface area contributed by atoms with Crippen molar-refractivity contribution in [3.05, 3.63) is 48.0 Å². The lowest BCUT2D eigenvalue weighted by molar-refractivity contribution is -0.159. The summed E-state index contributed by atoms with van der Waals surface area (Å²) in [5.41, 5.74) is 1.33. The Morgan fingerprint density at radius 1 is 1.14 bits per heavy atom. The van der Waals surface area contributed by atoms with E-state index in [1.54, 1.807) is 0 Å². The Kier molecular flexibility index (Phi) is 9.06. The maximum Gasteiger partial charge on any atom is 0.414 e. The van der Waals surface area contributed by atoms with Crippen molar-refractivity contribution in [3.8, 4) is 0 Å². The van der Waals surface area contributed by atoms with E-state index in [9.17, 15) is 4.79 Å². The van der Waals surface area contributed by atoms with E-state index in [1.807, 2.05) is 18.2 Å². The number of carbonyl (C=O) groups is 3. The van der Waals surface area contributed by atoms with Gasteiger partial charge in [-0.2, -0.15) is 0 Å². The van der Waals surface area contributed by atoms with Crippen molar-refractivity contribution in [2.24, 2.45) is 17.3 Å². The molecule has 0 spiro atoms. The third kappa shape index (κ3) is 7.64. The molecule has 0 aliphatic heterocycles. The summed E-state index contributed by atoms with van der Waals surface area (Å²) in [4.78, 5) is 31.0. The number of carboxylic acids is 2. The number of carbonyl (C=O) groups excluding carboxylic acids is 1. The summed E-state index contributed by atoms with van der Waals surface area (Å²) in [5.74, 6) is -2.77. The van der Waals surface area contributed by atoms with Gasteiger partial charge in [0, 0.05) is 24.9 Å². The average molecular weight is 389 g/mol. The largest absolute Gasteiger partial charge is 0.473 e. The molecule has 3 N–H and O–H groups in total. The van der Waals surface area contributed by atoms with E-state index >= 15 is 0 Å². The van der Waals surface area contributed by atoms with Gasteiger partial charge in [0.05, 0.1) is 0 Å². The van der Waals surface area contributed by atoms with Crippen LogP contribution < -0.4 is 5.32 Å². The number of Topliss-reactive ketones (excluding diaryl/α,β-unsaturated/α-hetero) is 1. The highest BCUT2D eigenvalue weighted by atomic mass is 16.4. The van der Waals surface area contributed by atoms with E-state index in [-0.39, 0.29) is 17.4 Å². The second-order valence-electron chi connectivity index (χ2n) is 8.01. The van der Waals surface area contributed by atoms with E-state index in [2.05, 4.69) is 57.3 Å². The molecule has 3 unspecified atom stereocenters. The van der Waals surface area contributed by atoms with Gasteiger partial charge in [-0.25, -0.2) is 9.59 Å². The zero-order valence-corrected chi connectivity index (χ0v) is 17.0. The fraction of sp³-hybridized carbons (Fsp3) is 0.500. The SMILES string of the molecule is CC(CC(=O)C1C(C)C=CCC1(C)C)NCc1ccccc1.O=C(O)C(=O)O. The van der Waals surface area contributed by atoms with Crippen LogP contribution in [0.2, 0.25) is 0 Å². The van der Waals surface area contributed by atoms with Crippen LogP contribution >= 0.6 is 0 Å². The molecule has 0 fully saturated rings. The van der Waals surface area contributed by atoms with E-state index in [4.69, 9.17) is 19.8 Å². The van der Waals surface area contributed by atoms with Crippen LogP contribution in [-0.4, -0.2) is 34.0 Å². The first kappa shape index (κ1) is 23.6. The number of carboxylic acid groups (broad SMARTS) is 2. The Hall–Kier alpha value is -2.47. The molecule has 1 aliphatic rings. The number of nitrogens with one attached hydrogen (secondary N) is 1. The minimum Gasteiger partial charge on any atom is -0.473 e. The number of rotatable bonds is 6. The molecule has 6 nitrogen and oxygen atoms in total. The van der Waals surface area contributed by atoms with E-state index in [0.717, 1.165) is 13.0 Å². The summed E-state index contributed by atoms with van der Waals surface area (Å²) in [6.45, 7) is 9.53. The molecule has 3 atom stereocenters. The van der Waals surface area contributed by atoms with Gasteiger partial charge in [0.2, 0.25) is 0 Å². The Morgan fingerprint density at radius 2 is 1.71 bits per heavy atom. The Morgan fingerprint density at radius 3 is 2.21 bits per heavy atom. The highest BCUT2D eigenvalue weighted by Gasteiger charge is 2.39. The first-order valence-corrected chi connectivity index (χ1v) is 9.47. The monoisotopic (exact) mass is 389 g/mol.